The molecule has 1 saturated heterocycles. The van der Waals surface area contributed by atoms with Gasteiger partial charge in [0.15, 0.2) is 0 Å². The van der Waals surface area contributed by atoms with Gasteiger partial charge in [-0.2, -0.15) is 13.2 Å². The number of hydrogen-bond acceptors (Lipinski definition) is 2. The van der Waals surface area contributed by atoms with E-state index in [2.05, 4.69) is 21.2 Å². The SMILES string of the molecule is COc1c(Br)cc(CC2CCCNC2)cc1C(F)(F)F. The number of hydrogen-bond donors (Lipinski definition) is 1. The van der Waals surface area contributed by atoms with Gasteiger partial charge < -0.3 is 10.1 Å². The third-order valence-electron chi connectivity index (χ3n) is 3.54. The average Bonchev–Trinajstić information content (AvgIpc) is 2.38. The van der Waals surface area contributed by atoms with Gasteiger partial charge >= 0.3 is 6.18 Å². The highest BCUT2D eigenvalue weighted by atomic mass is 79.9. The summed E-state index contributed by atoms with van der Waals surface area (Å²) in [6, 6.07) is 2.93. The average molecular weight is 352 g/mol. The predicted molar refractivity (Wildman–Crippen MR) is 75.0 cm³/mol. The fraction of sp³-hybridized carbons (Fsp3) is 0.571. The number of piperidine rings is 1. The molecule has 6 heteroatoms. The maximum atomic E-state index is 13.1. The second-order valence-corrected chi connectivity index (χ2v) is 5.93. The Morgan fingerprint density at radius 2 is 2.15 bits per heavy atom. The van der Waals surface area contributed by atoms with Crippen molar-refractivity contribution >= 4 is 15.9 Å². The molecule has 0 aromatic heterocycles. The molecule has 1 fully saturated rings. The van der Waals surface area contributed by atoms with Crippen LogP contribution in [0.5, 0.6) is 5.75 Å². The van der Waals surface area contributed by atoms with E-state index in [0.29, 0.717) is 22.4 Å². The molecule has 0 radical (unpaired) electrons. The summed E-state index contributed by atoms with van der Waals surface area (Å²) in [5, 5.41) is 3.28. The molecule has 1 atom stereocenters. The first-order valence-electron chi connectivity index (χ1n) is 6.56. The Kier molecular flexibility index (Phi) is 4.96. The van der Waals surface area contributed by atoms with Gasteiger partial charge in [0.25, 0.3) is 0 Å². The molecule has 2 rings (SSSR count). The van der Waals surface area contributed by atoms with E-state index < -0.39 is 11.7 Å². The molecular weight excluding hydrogens is 335 g/mol. The van der Waals surface area contributed by atoms with Crippen molar-refractivity contribution in [1.29, 1.82) is 0 Å². The van der Waals surface area contributed by atoms with Gasteiger partial charge in [-0.05, 0) is 71.9 Å². The lowest BCUT2D eigenvalue weighted by Crippen LogP contribution is -2.30. The quantitative estimate of drug-likeness (QED) is 0.887. The van der Waals surface area contributed by atoms with Crippen molar-refractivity contribution in [2.45, 2.75) is 25.4 Å². The van der Waals surface area contributed by atoms with E-state index in [4.69, 9.17) is 4.74 Å². The predicted octanol–water partition coefficient (Wildman–Crippen LogP) is 4.02. The summed E-state index contributed by atoms with van der Waals surface area (Å²) < 4.78 is 44.4. The van der Waals surface area contributed by atoms with Gasteiger partial charge in [-0.15, -0.1) is 0 Å². The minimum Gasteiger partial charge on any atom is -0.495 e. The zero-order chi connectivity index (χ0) is 14.8. The molecule has 0 saturated carbocycles. The number of rotatable bonds is 3. The molecule has 112 valence electrons. The number of methoxy groups -OCH3 is 1. The fourth-order valence-corrected chi connectivity index (χ4v) is 3.29. The summed E-state index contributed by atoms with van der Waals surface area (Å²) in [6.07, 6.45) is -1.63. The van der Waals surface area contributed by atoms with E-state index in [1.807, 2.05) is 0 Å². The molecule has 1 N–H and O–H groups in total. The highest BCUT2D eigenvalue weighted by Crippen LogP contribution is 2.41. The second kappa shape index (κ2) is 6.35. The molecule has 20 heavy (non-hydrogen) atoms. The smallest absolute Gasteiger partial charge is 0.420 e. The zero-order valence-electron chi connectivity index (χ0n) is 11.2. The van der Waals surface area contributed by atoms with E-state index >= 15 is 0 Å². The Balaban J connectivity index is 2.28. The number of ether oxygens (including phenoxy) is 1. The second-order valence-electron chi connectivity index (χ2n) is 5.07. The van der Waals surface area contributed by atoms with Crippen molar-refractivity contribution in [3.63, 3.8) is 0 Å². The summed E-state index contributed by atoms with van der Waals surface area (Å²) in [7, 11) is 1.25. The maximum absolute atomic E-state index is 13.1. The Bertz CT molecular complexity index is 470. The van der Waals surface area contributed by atoms with Crippen LogP contribution in [-0.2, 0) is 12.6 Å². The van der Waals surface area contributed by atoms with Gasteiger partial charge in [-0.1, -0.05) is 0 Å². The minimum atomic E-state index is -4.41. The molecule has 0 amide bonds. The fourth-order valence-electron chi connectivity index (χ4n) is 2.62. The summed E-state index contributed by atoms with van der Waals surface area (Å²) in [4.78, 5) is 0. The van der Waals surface area contributed by atoms with E-state index in [1.54, 1.807) is 6.07 Å². The first kappa shape index (κ1) is 15.6. The highest BCUT2D eigenvalue weighted by molar-refractivity contribution is 9.10. The number of alkyl halides is 3. The minimum absolute atomic E-state index is 0.150. The Labute approximate surface area is 124 Å². The Morgan fingerprint density at radius 3 is 2.70 bits per heavy atom. The van der Waals surface area contributed by atoms with Gasteiger partial charge in [0, 0.05) is 0 Å². The molecular formula is C14H17BrF3NO. The van der Waals surface area contributed by atoms with Crippen molar-refractivity contribution in [2.75, 3.05) is 20.2 Å². The van der Waals surface area contributed by atoms with Gasteiger partial charge in [0.2, 0.25) is 0 Å². The summed E-state index contributed by atoms with van der Waals surface area (Å²) in [5.74, 6) is 0.244. The van der Waals surface area contributed by atoms with E-state index in [1.165, 1.54) is 13.2 Å². The molecule has 1 aromatic carbocycles. The summed E-state index contributed by atoms with van der Waals surface area (Å²) in [6.45, 7) is 1.86. The molecule has 1 aliphatic heterocycles. The largest absolute Gasteiger partial charge is 0.495 e. The van der Waals surface area contributed by atoms with Crippen LogP contribution >= 0.6 is 15.9 Å². The third-order valence-corrected chi connectivity index (χ3v) is 4.13. The molecule has 1 unspecified atom stereocenters. The van der Waals surface area contributed by atoms with E-state index in [-0.39, 0.29) is 5.75 Å². The van der Waals surface area contributed by atoms with Crippen LogP contribution < -0.4 is 10.1 Å². The van der Waals surface area contributed by atoms with Crippen LogP contribution in [0, 0.1) is 5.92 Å². The van der Waals surface area contributed by atoms with Gasteiger partial charge in [-0.25, -0.2) is 0 Å². The lowest BCUT2D eigenvalue weighted by atomic mass is 9.91. The van der Waals surface area contributed by atoms with Crippen LogP contribution in [0.4, 0.5) is 13.2 Å². The molecule has 1 heterocycles. The molecule has 0 spiro atoms. The zero-order valence-corrected chi connectivity index (χ0v) is 12.8. The van der Waals surface area contributed by atoms with Crippen LogP contribution in [0.15, 0.2) is 16.6 Å². The standard InChI is InChI=1S/C14H17BrF3NO/c1-20-13-11(14(16,17)18)6-10(7-12(13)15)5-9-3-2-4-19-8-9/h6-7,9,19H,2-5,8H2,1H3. The van der Waals surface area contributed by atoms with Crippen LogP contribution in [0.1, 0.15) is 24.0 Å². The van der Waals surface area contributed by atoms with E-state index in [9.17, 15) is 13.2 Å². The molecule has 0 aliphatic carbocycles. The lowest BCUT2D eigenvalue weighted by molar-refractivity contribution is -0.138. The lowest BCUT2D eigenvalue weighted by Gasteiger charge is -2.23. The third kappa shape index (κ3) is 3.67. The first-order chi connectivity index (χ1) is 9.41. The van der Waals surface area contributed by atoms with Crippen LogP contribution in [0.2, 0.25) is 0 Å². The molecule has 1 aromatic rings. The molecule has 0 bridgehead atoms. The van der Waals surface area contributed by atoms with Gasteiger partial charge in [-0.3, -0.25) is 0 Å². The number of halogens is 4. The summed E-state index contributed by atoms with van der Waals surface area (Å²) >= 11 is 3.17. The van der Waals surface area contributed by atoms with Crippen molar-refractivity contribution in [3.05, 3.63) is 27.7 Å². The number of nitrogens with one attached hydrogen (secondary N) is 1. The topological polar surface area (TPSA) is 21.3 Å². The first-order valence-corrected chi connectivity index (χ1v) is 7.35. The van der Waals surface area contributed by atoms with Crippen molar-refractivity contribution in [3.8, 4) is 5.75 Å². The molecule has 2 nitrogen and oxygen atoms in total. The number of benzene rings is 1. The Morgan fingerprint density at radius 1 is 1.40 bits per heavy atom. The van der Waals surface area contributed by atoms with E-state index in [0.717, 1.165) is 25.9 Å². The van der Waals surface area contributed by atoms with Crippen LogP contribution in [-0.4, -0.2) is 20.2 Å². The van der Waals surface area contributed by atoms with Gasteiger partial charge in [0.1, 0.15) is 5.75 Å². The van der Waals surface area contributed by atoms with Crippen LogP contribution in [0.25, 0.3) is 0 Å². The normalized spacial score (nSPS) is 19.9. The highest BCUT2D eigenvalue weighted by Gasteiger charge is 2.35. The Hall–Kier alpha value is -0.750. The van der Waals surface area contributed by atoms with Crippen molar-refractivity contribution in [1.82, 2.24) is 5.32 Å². The maximum Gasteiger partial charge on any atom is 0.420 e. The monoisotopic (exact) mass is 351 g/mol. The molecule has 1 aliphatic rings. The van der Waals surface area contributed by atoms with Crippen molar-refractivity contribution in [2.24, 2.45) is 5.92 Å². The summed E-state index contributed by atoms with van der Waals surface area (Å²) in [5.41, 5.74) is -0.0214. The van der Waals surface area contributed by atoms with Crippen LogP contribution in [0.3, 0.4) is 0 Å². The van der Waals surface area contributed by atoms with Crippen molar-refractivity contribution < 1.29 is 17.9 Å². The van der Waals surface area contributed by atoms with Gasteiger partial charge in [0.05, 0.1) is 17.1 Å².